The first-order valence-corrected chi connectivity index (χ1v) is 12.5. The third-order valence-electron chi connectivity index (χ3n) is 6.38. The Labute approximate surface area is 198 Å². The Hall–Kier alpha value is -2.55. The van der Waals surface area contributed by atoms with E-state index in [9.17, 15) is 4.79 Å². The van der Waals surface area contributed by atoms with Crippen molar-refractivity contribution in [2.24, 2.45) is 0 Å². The molecule has 1 fully saturated rings. The van der Waals surface area contributed by atoms with Gasteiger partial charge in [0.1, 0.15) is 23.9 Å². The number of rotatable bonds is 7. The first-order chi connectivity index (χ1) is 16.2. The summed E-state index contributed by atoms with van der Waals surface area (Å²) in [5, 5.41) is 1.22. The number of anilines is 1. The van der Waals surface area contributed by atoms with Crippen LogP contribution >= 0.6 is 11.3 Å². The fourth-order valence-corrected chi connectivity index (χ4v) is 5.97. The van der Waals surface area contributed by atoms with Gasteiger partial charge in [-0.15, -0.1) is 11.3 Å². The third kappa shape index (κ3) is 4.88. The van der Waals surface area contributed by atoms with E-state index < -0.39 is 0 Å². The maximum Gasteiger partial charge on any atom is 0.248 e. The van der Waals surface area contributed by atoms with Crippen LogP contribution in [-0.2, 0) is 40.3 Å². The van der Waals surface area contributed by atoms with Crippen LogP contribution in [0.25, 0.3) is 10.2 Å². The molecule has 3 aromatic rings. The van der Waals surface area contributed by atoms with E-state index in [1.807, 2.05) is 46.6 Å². The molecule has 1 saturated heterocycles. The minimum absolute atomic E-state index is 0.0476. The summed E-state index contributed by atoms with van der Waals surface area (Å²) in [4.78, 5) is 29.2. The highest BCUT2D eigenvalue weighted by Crippen LogP contribution is 2.40. The van der Waals surface area contributed by atoms with Gasteiger partial charge in [0.15, 0.2) is 5.82 Å². The second-order valence-electron chi connectivity index (χ2n) is 8.63. The molecular weight excluding hydrogens is 436 g/mol. The van der Waals surface area contributed by atoms with Crippen molar-refractivity contribution in [3.05, 3.63) is 52.2 Å². The molecule has 7 nitrogen and oxygen atoms in total. The molecular formula is C25H30N4O3S. The van der Waals surface area contributed by atoms with Crippen molar-refractivity contribution in [2.45, 2.75) is 38.9 Å². The predicted octanol–water partition coefficient (Wildman–Crippen LogP) is 3.58. The van der Waals surface area contributed by atoms with Crippen LogP contribution in [0.1, 0.15) is 34.7 Å². The fraction of sp³-hybridized carbons (Fsp3) is 0.480. The molecule has 1 aliphatic heterocycles. The van der Waals surface area contributed by atoms with Gasteiger partial charge in [0.2, 0.25) is 5.91 Å². The van der Waals surface area contributed by atoms with E-state index >= 15 is 0 Å². The molecule has 174 valence electrons. The van der Waals surface area contributed by atoms with E-state index in [-0.39, 0.29) is 12.5 Å². The second-order valence-corrected chi connectivity index (χ2v) is 9.72. The smallest absolute Gasteiger partial charge is 0.248 e. The van der Waals surface area contributed by atoms with Crippen molar-refractivity contribution < 1.29 is 14.3 Å². The molecule has 2 aliphatic rings. The number of hydrogen-bond donors (Lipinski definition) is 0. The molecule has 0 spiro atoms. The molecule has 1 amide bonds. The minimum atomic E-state index is 0.0476. The normalized spacial score (nSPS) is 16.3. The molecule has 0 unspecified atom stereocenters. The monoisotopic (exact) mass is 466 g/mol. The van der Waals surface area contributed by atoms with E-state index in [1.165, 1.54) is 28.7 Å². The number of hydrogen-bond acceptors (Lipinski definition) is 7. The second kappa shape index (κ2) is 10.2. The largest absolute Gasteiger partial charge is 0.377 e. The van der Waals surface area contributed by atoms with E-state index in [0.717, 1.165) is 48.0 Å². The molecule has 0 saturated carbocycles. The Morgan fingerprint density at radius 3 is 2.61 bits per heavy atom. The summed E-state index contributed by atoms with van der Waals surface area (Å²) < 4.78 is 11.0. The van der Waals surface area contributed by atoms with Crippen LogP contribution in [0, 0.1) is 0 Å². The summed E-state index contributed by atoms with van der Waals surface area (Å²) >= 11 is 1.82. The van der Waals surface area contributed by atoms with Crippen LogP contribution in [0.15, 0.2) is 30.3 Å². The average Bonchev–Trinajstić information content (AvgIpc) is 3.23. The van der Waals surface area contributed by atoms with Crippen LogP contribution in [0.3, 0.4) is 0 Å². The predicted molar refractivity (Wildman–Crippen MR) is 130 cm³/mol. The maximum absolute atomic E-state index is 12.7. The highest BCUT2D eigenvalue weighted by molar-refractivity contribution is 7.19. The Bertz CT molecular complexity index is 1110. The van der Waals surface area contributed by atoms with Crippen molar-refractivity contribution in [3.8, 4) is 0 Å². The average molecular weight is 467 g/mol. The molecule has 0 atom stereocenters. The van der Waals surface area contributed by atoms with Crippen molar-refractivity contribution >= 4 is 33.3 Å². The zero-order chi connectivity index (χ0) is 22.6. The Morgan fingerprint density at radius 2 is 1.82 bits per heavy atom. The Kier molecular flexibility index (Phi) is 6.85. The number of aromatic nitrogens is 2. The molecule has 0 N–H and O–H groups in total. The standard InChI is InChI=1S/C25H30N4O3S/c1-31-16-21-26-24(23-19-9-5-6-10-20(19)33-25(23)27-21)29-13-11-28(12-14-29)22(30)17-32-15-18-7-3-2-4-8-18/h2-4,7-8H,5-6,9-17H2,1H3. The van der Waals surface area contributed by atoms with Crippen molar-refractivity contribution in [1.82, 2.24) is 14.9 Å². The van der Waals surface area contributed by atoms with Gasteiger partial charge in [-0.1, -0.05) is 30.3 Å². The van der Waals surface area contributed by atoms with E-state index in [2.05, 4.69) is 4.90 Å². The van der Waals surface area contributed by atoms with Gasteiger partial charge in [-0.25, -0.2) is 9.97 Å². The summed E-state index contributed by atoms with van der Waals surface area (Å²) in [5.74, 6) is 1.79. The van der Waals surface area contributed by atoms with Gasteiger partial charge in [0.25, 0.3) is 0 Å². The quantitative estimate of drug-likeness (QED) is 0.530. The van der Waals surface area contributed by atoms with Crippen molar-refractivity contribution in [2.75, 3.05) is 44.8 Å². The van der Waals surface area contributed by atoms with Gasteiger partial charge in [-0.2, -0.15) is 0 Å². The lowest BCUT2D eigenvalue weighted by atomic mass is 9.97. The number of nitrogens with zero attached hydrogens (tertiary/aromatic N) is 4. The summed E-state index contributed by atoms with van der Waals surface area (Å²) in [7, 11) is 1.68. The summed E-state index contributed by atoms with van der Waals surface area (Å²) in [6, 6.07) is 9.95. The number of aryl methyl sites for hydroxylation is 2. The topological polar surface area (TPSA) is 67.8 Å². The van der Waals surface area contributed by atoms with Crippen LogP contribution in [0.5, 0.6) is 0 Å². The number of carbonyl (C=O) groups is 1. The Balaban J connectivity index is 1.27. The number of thiophene rings is 1. The fourth-order valence-electron chi connectivity index (χ4n) is 4.69. The molecule has 8 heteroatoms. The number of piperazine rings is 1. The number of benzene rings is 1. The summed E-state index contributed by atoms with van der Waals surface area (Å²) in [5.41, 5.74) is 2.52. The van der Waals surface area contributed by atoms with Gasteiger partial charge in [0, 0.05) is 38.2 Å². The highest BCUT2D eigenvalue weighted by Gasteiger charge is 2.27. The first kappa shape index (κ1) is 22.3. The first-order valence-electron chi connectivity index (χ1n) is 11.7. The molecule has 2 aromatic heterocycles. The number of carbonyl (C=O) groups excluding carboxylic acids is 1. The van der Waals surface area contributed by atoms with E-state index in [4.69, 9.17) is 19.4 Å². The zero-order valence-corrected chi connectivity index (χ0v) is 19.9. The number of ether oxygens (including phenoxy) is 2. The number of methoxy groups -OCH3 is 1. The molecule has 5 rings (SSSR count). The maximum atomic E-state index is 12.7. The lowest BCUT2D eigenvalue weighted by molar-refractivity contribution is -0.136. The van der Waals surface area contributed by atoms with Gasteiger partial charge in [-0.3, -0.25) is 4.79 Å². The molecule has 1 aromatic carbocycles. The number of fused-ring (bicyclic) bond motifs is 3. The van der Waals surface area contributed by atoms with Crippen LogP contribution < -0.4 is 4.90 Å². The van der Waals surface area contributed by atoms with Crippen LogP contribution in [-0.4, -0.2) is 60.7 Å². The summed E-state index contributed by atoms with van der Waals surface area (Å²) in [6.45, 7) is 3.83. The lowest BCUT2D eigenvalue weighted by Crippen LogP contribution is -2.50. The van der Waals surface area contributed by atoms with Crippen molar-refractivity contribution in [3.63, 3.8) is 0 Å². The van der Waals surface area contributed by atoms with Gasteiger partial charge < -0.3 is 19.3 Å². The Morgan fingerprint density at radius 1 is 1.03 bits per heavy atom. The van der Waals surface area contributed by atoms with Gasteiger partial charge in [0.05, 0.1) is 12.0 Å². The molecule has 1 aliphatic carbocycles. The van der Waals surface area contributed by atoms with Crippen molar-refractivity contribution in [1.29, 1.82) is 0 Å². The van der Waals surface area contributed by atoms with E-state index in [0.29, 0.717) is 26.3 Å². The molecule has 0 radical (unpaired) electrons. The van der Waals surface area contributed by atoms with Gasteiger partial charge >= 0.3 is 0 Å². The SMILES string of the molecule is COCc1nc(N2CCN(C(=O)COCc3ccccc3)CC2)c2c3c(sc2n1)CCCC3. The third-order valence-corrected chi connectivity index (χ3v) is 7.57. The minimum Gasteiger partial charge on any atom is -0.377 e. The van der Waals surface area contributed by atoms with Gasteiger partial charge in [-0.05, 0) is 36.8 Å². The zero-order valence-electron chi connectivity index (χ0n) is 19.1. The summed E-state index contributed by atoms with van der Waals surface area (Å²) in [6.07, 6.45) is 4.72. The van der Waals surface area contributed by atoms with Crippen LogP contribution in [0.4, 0.5) is 5.82 Å². The van der Waals surface area contributed by atoms with Crippen LogP contribution in [0.2, 0.25) is 0 Å². The van der Waals surface area contributed by atoms with E-state index in [1.54, 1.807) is 7.11 Å². The molecule has 3 heterocycles. The molecule has 33 heavy (non-hydrogen) atoms. The highest BCUT2D eigenvalue weighted by atomic mass is 32.1. The lowest BCUT2D eigenvalue weighted by Gasteiger charge is -2.36. The molecule has 0 bridgehead atoms. The number of amides is 1.